The molecule has 0 saturated carbocycles. The first kappa shape index (κ1) is 14.9. The van der Waals surface area contributed by atoms with Crippen LogP contribution in [-0.2, 0) is 0 Å². The van der Waals surface area contributed by atoms with E-state index in [1.165, 1.54) is 31.7 Å². The number of hydrazone groups is 1. The first-order valence-electron chi connectivity index (χ1n) is 5.97. The Morgan fingerprint density at radius 2 is 2.29 bits per heavy atom. The molecular weight excluding hydrogens is 296 g/mol. The van der Waals surface area contributed by atoms with Gasteiger partial charge in [0, 0.05) is 16.7 Å². The number of nitrogens with zero attached hydrogens (tertiary/aromatic N) is 1. The number of hydrogen-bond donors (Lipinski definition) is 2. The van der Waals surface area contributed by atoms with Crippen LogP contribution < -0.4 is 10.2 Å². The average molecular weight is 309 g/mol. The molecule has 0 saturated heterocycles. The van der Waals surface area contributed by atoms with E-state index in [1.807, 2.05) is 0 Å². The number of aromatic hydroxyl groups is 1. The third-order valence-corrected chi connectivity index (χ3v) is 2.98. The Morgan fingerprint density at radius 1 is 1.52 bits per heavy atom. The monoisotopic (exact) mass is 308 g/mol. The van der Waals surface area contributed by atoms with Crippen LogP contribution in [0.25, 0.3) is 0 Å². The van der Waals surface area contributed by atoms with Crippen LogP contribution in [0.15, 0.2) is 34.0 Å². The van der Waals surface area contributed by atoms with Crippen LogP contribution >= 0.6 is 11.6 Å². The number of halogens is 1. The summed E-state index contributed by atoms with van der Waals surface area (Å²) in [5.74, 6) is 0.196. The fraction of sp³-hybridized carbons (Fsp3) is 0.143. The van der Waals surface area contributed by atoms with Crippen LogP contribution in [0.5, 0.6) is 11.5 Å². The van der Waals surface area contributed by atoms with Crippen molar-refractivity contribution >= 4 is 23.7 Å². The Bertz CT molecular complexity index is 694. The summed E-state index contributed by atoms with van der Waals surface area (Å²) in [5, 5.41) is 14.1. The van der Waals surface area contributed by atoms with Crippen molar-refractivity contribution in [1.29, 1.82) is 0 Å². The molecule has 1 aromatic carbocycles. The number of ether oxygens (including phenoxy) is 1. The van der Waals surface area contributed by atoms with Gasteiger partial charge in [0.1, 0.15) is 5.76 Å². The highest BCUT2D eigenvalue weighted by molar-refractivity contribution is 6.31. The normalized spacial score (nSPS) is 10.8. The molecular formula is C14H13ClN2O4. The summed E-state index contributed by atoms with van der Waals surface area (Å²) < 4.78 is 10.0. The SMILES string of the molecule is COc1cc(Cl)cc(/C=N/NC(=O)c2ccoc2C)c1O. The number of phenolic OH excluding ortho intramolecular Hbond substituents is 1. The number of methoxy groups -OCH3 is 1. The molecule has 2 N–H and O–H groups in total. The van der Waals surface area contributed by atoms with E-state index in [9.17, 15) is 9.90 Å². The molecule has 0 bridgehead atoms. The van der Waals surface area contributed by atoms with Gasteiger partial charge >= 0.3 is 0 Å². The van der Waals surface area contributed by atoms with Crippen molar-refractivity contribution in [3.8, 4) is 11.5 Å². The number of furan rings is 1. The Morgan fingerprint density at radius 3 is 2.90 bits per heavy atom. The molecule has 0 unspecified atom stereocenters. The molecule has 6 nitrogen and oxygen atoms in total. The van der Waals surface area contributed by atoms with Crippen LogP contribution in [-0.4, -0.2) is 24.3 Å². The molecule has 0 radical (unpaired) electrons. The maximum absolute atomic E-state index is 11.8. The van der Waals surface area contributed by atoms with E-state index in [0.717, 1.165) is 0 Å². The molecule has 0 fully saturated rings. The third kappa shape index (κ3) is 3.35. The third-order valence-electron chi connectivity index (χ3n) is 2.76. The Kier molecular flexibility index (Phi) is 4.49. The molecule has 0 aliphatic heterocycles. The summed E-state index contributed by atoms with van der Waals surface area (Å²) in [4.78, 5) is 11.8. The first-order chi connectivity index (χ1) is 10.0. The predicted octanol–water partition coefficient (Wildman–Crippen LogP) is 2.72. The predicted molar refractivity (Wildman–Crippen MR) is 78.2 cm³/mol. The molecule has 0 aliphatic rings. The average Bonchev–Trinajstić information content (AvgIpc) is 2.88. The number of aryl methyl sites for hydroxylation is 1. The maximum Gasteiger partial charge on any atom is 0.274 e. The van der Waals surface area contributed by atoms with Crippen LogP contribution in [0.2, 0.25) is 5.02 Å². The molecule has 110 valence electrons. The van der Waals surface area contributed by atoms with Gasteiger partial charge in [-0.05, 0) is 19.1 Å². The van der Waals surface area contributed by atoms with E-state index >= 15 is 0 Å². The zero-order valence-corrected chi connectivity index (χ0v) is 12.1. The van der Waals surface area contributed by atoms with Crippen molar-refractivity contribution in [2.24, 2.45) is 5.10 Å². The van der Waals surface area contributed by atoms with Gasteiger partial charge in [-0.15, -0.1) is 0 Å². The smallest absolute Gasteiger partial charge is 0.274 e. The van der Waals surface area contributed by atoms with E-state index in [-0.39, 0.29) is 11.5 Å². The summed E-state index contributed by atoms with van der Waals surface area (Å²) in [6.07, 6.45) is 2.69. The number of amides is 1. The van der Waals surface area contributed by atoms with E-state index in [4.69, 9.17) is 20.8 Å². The van der Waals surface area contributed by atoms with Crippen LogP contribution in [0, 0.1) is 6.92 Å². The topological polar surface area (TPSA) is 84.1 Å². The van der Waals surface area contributed by atoms with E-state index in [1.54, 1.807) is 13.0 Å². The van der Waals surface area contributed by atoms with Gasteiger partial charge in [0.15, 0.2) is 11.5 Å². The quantitative estimate of drug-likeness (QED) is 0.672. The lowest BCUT2D eigenvalue weighted by Gasteiger charge is -2.06. The second-order valence-corrected chi connectivity index (χ2v) is 4.57. The van der Waals surface area contributed by atoms with Gasteiger partial charge in [0.05, 0.1) is 25.2 Å². The Labute approximate surface area is 126 Å². The maximum atomic E-state index is 11.8. The van der Waals surface area contributed by atoms with Gasteiger partial charge in [0.2, 0.25) is 0 Å². The fourth-order valence-electron chi connectivity index (χ4n) is 1.69. The first-order valence-corrected chi connectivity index (χ1v) is 6.34. The molecule has 0 aliphatic carbocycles. The summed E-state index contributed by atoms with van der Waals surface area (Å²) in [7, 11) is 1.41. The second kappa shape index (κ2) is 6.32. The highest BCUT2D eigenvalue weighted by Gasteiger charge is 2.11. The largest absolute Gasteiger partial charge is 0.504 e. The van der Waals surface area contributed by atoms with Crippen LogP contribution in [0.1, 0.15) is 21.7 Å². The highest BCUT2D eigenvalue weighted by atomic mass is 35.5. The number of nitrogens with one attached hydrogen (secondary N) is 1. The number of rotatable bonds is 4. The van der Waals surface area contributed by atoms with Gasteiger partial charge in [-0.2, -0.15) is 5.10 Å². The van der Waals surface area contributed by atoms with E-state index in [0.29, 0.717) is 21.9 Å². The zero-order chi connectivity index (χ0) is 15.4. The van der Waals surface area contributed by atoms with Gasteiger partial charge in [-0.3, -0.25) is 4.79 Å². The molecule has 1 aromatic heterocycles. The number of benzene rings is 1. The van der Waals surface area contributed by atoms with E-state index < -0.39 is 5.91 Å². The summed E-state index contributed by atoms with van der Waals surface area (Å²) in [6, 6.07) is 4.51. The minimum absolute atomic E-state index is 0.112. The van der Waals surface area contributed by atoms with Crippen LogP contribution in [0.3, 0.4) is 0 Å². The number of hydrogen-bond acceptors (Lipinski definition) is 5. The standard InChI is InChI=1S/C14H13ClN2O4/c1-8-11(3-4-21-8)14(19)17-16-7-9-5-10(15)6-12(20-2)13(9)18/h3-7,18H,1-2H3,(H,17,19)/b16-7+. The molecule has 7 heteroatoms. The van der Waals surface area contributed by atoms with Crippen molar-refractivity contribution in [1.82, 2.24) is 5.43 Å². The van der Waals surface area contributed by atoms with Gasteiger partial charge in [0.25, 0.3) is 5.91 Å². The summed E-state index contributed by atoms with van der Waals surface area (Å²) in [6.45, 7) is 1.67. The second-order valence-electron chi connectivity index (χ2n) is 4.14. The highest BCUT2D eigenvalue weighted by Crippen LogP contribution is 2.32. The Balaban J connectivity index is 2.14. The van der Waals surface area contributed by atoms with Gasteiger partial charge < -0.3 is 14.3 Å². The van der Waals surface area contributed by atoms with Crippen molar-refractivity contribution in [2.75, 3.05) is 7.11 Å². The van der Waals surface area contributed by atoms with Crippen molar-refractivity contribution < 1.29 is 19.1 Å². The molecule has 0 atom stereocenters. The Hall–Kier alpha value is -2.47. The van der Waals surface area contributed by atoms with Crippen molar-refractivity contribution in [3.05, 3.63) is 46.4 Å². The van der Waals surface area contributed by atoms with E-state index in [2.05, 4.69) is 10.5 Å². The minimum Gasteiger partial charge on any atom is -0.504 e. The molecule has 2 aromatic rings. The fourth-order valence-corrected chi connectivity index (χ4v) is 1.91. The lowest BCUT2D eigenvalue weighted by atomic mass is 10.2. The number of phenols is 1. The van der Waals surface area contributed by atoms with Gasteiger partial charge in [-0.1, -0.05) is 11.6 Å². The lowest BCUT2D eigenvalue weighted by molar-refractivity contribution is 0.0953. The molecule has 1 amide bonds. The summed E-state index contributed by atoms with van der Waals surface area (Å²) in [5.41, 5.74) is 3.05. The number of carbonyl (C=O) groups is 1. The summed E-state index contributed by atoms with van der Waals surface area (Å²) >= 11 is 5.89. The lowest BCUT2D eigenvalue weighted by Crippen LogP contribution is -2.17. The van der Waals surface area contributed by atoms with Crippen molar-refractivity contribution in [2.45, 2.75) is 6.92 Å². The molecule has 0 spiro atoms. The zero-order valence-electron chi connectivity index (χ0n) is 11.4. The number of carbonyl (C=O) groups excluding carboxylic acids is 1. The van der Waals surface area contributed by atoms with Crippen LogP contribution in [0.4, 0.5) is 0 Å². The molecule has 21 heavy (non-hydrogen) atoms. The minimum atomic E-state index is -0.411. The molecule has 2 rings (SSSR count). The molecule has 1 heterocycles. The van der Waals surface area contributed by atoms with Gasteiger partial charge in [-0.25, -0.2) is 5.43 Å². The van der Waals surface area contributed by atoms with Crippen molar-refractivity contribution in [3.63, 3.8) is 0 Å².